The van der Waals surface area contributed by atoms with Crippen molar-refractivity contribution in [1.29, 1.82) is 0 Å². The van der Waals surface area contributed by atoms with Crippen LogP contribution in [0.25, 0.3) is 0 Å². The van der Waals surface area contributed by atoms with Gasteiger partial charge in [-0.1, -0.05) is 55.3 Å². The number of piperazine rings is 1. The highest BCUT2D eigenvalue weighted by Gasteiger charge is 2.11. The quantitative estimate of drug-likeness (QED) is 0.736. The smallest absolute Gasteiger partial charge is 0.134 e. The number of ketones is 1. The first kappa shape index (κ1) is 29.3. The fraction of sp³-hybridized carbons (Fsp3) is 0.591. The maximum absolute atomic E-state index is 10.7. The van der Waals surface area contributed by atoms with E-state index in [0.29, 0.717) is 18.1 Å². The zero-order chi connectivity index (χ0) is 21.9. The molecule has 0 unspecified atom stereocenters. The molecule has 1 N–H and O–H groups in total. The van der Waals surface area contributed by atoms with E-state index < -0.39 is 0 Å². The number of hydrogen-bond donors (Lipinski definition) is 1. The molecule has 2 rings (SSSR count). The van der Waals surface area contributed by atoms with Gasteiger partial charge in [0.1, 0.15) is 5.78 Å². The topological polar surface area (TPSA) is 43.8 Å². The summed E-state index contributed by atoms with van der Waals surface area (Å²) >= 11 is 11.0. The van der Waals surface area contributed by atoms with Crippen LogP contribution in [0.4, 0.5) is 0 Å². The Bertz CT molecular complexity index is 522. The number of benzene rings is 1. The fourth-order valence-corrected chi connectivity index (χ4v) is 2.23. The molecule has 0 spiro atoms. The summed E-state index contributed by atoms with van der Waals surface area (Å²) in [5, 5.41) is 10.2. The Morgan fingerprint density at radius 1 is 1.11 bits per heavy atom. The zero-order valence-corrected chi connectivity index (χ0v) is 19.9. The number of aliphatic hydroxyl groups excluding tert-OH is 1. The Hall–Kier alpha value is -0.910. The number of halogens is 2. The first-order valence-corrected chi connectivity index (χ1v) is 10.6. The largest absolute Gasteiger partial charge is 0.395 e. The van der Waals surface area contributed by atoms with Crippen molar-refractivity contribution in [3.63, 3.8) is 0 Å². The lowest BCUT2D eigenvalue weighted by Crippen LogP contribution is -2.45. The molecule has 1 saturated heterocycles. The maximum Gasteiger partial charge on any atom is 0.134 e. The van der Waals surface area contributed by atoms with Crippen molar-refractivity contribution in [2.24, 2.45) is 0 Å². The fourth-order valence-electron chi connectivity index (χ4n) is 2.10. The van der Waals surface area contributed by atoms with Crippen LogP contribution in [0.2, 0.25) is 5.02 Å². The SMILES string of the molecule is C/C=C(\C)Cl.CC.CC(=O)Cc1ccc(Cl)cc1.CN1CCN(CCO)CC1. The first-order chi connectivity index (χ1) is 13.3. The second-order valence-electron chi connectivity index (χ2n) is 6.25. The number of β-amino-alcohol motifs (C(OH)–C–C–N with tert-alkyl or cyclic N) is 1. The van der Waals surface area contributed by atoms with E-state index in [-0.39, 0.29) is 5.78 Å². The zero-order valence-electron chi connectivity index (χ0n) is 18.3. The van der Waals surface area contributed by atoms with Crippen LogP contribution in [0.15, 0.2) is 35.4 Å². The predicted octanol–water partition coefficient (Wildman–Crippen LogP) is 4.87. The van der Waals surface area contributed by atoms with Crippen LogP contribution < -0.4 is 0 Å². The van der Waals surface area contributed by atoms with Crippen LogP contribution in [-0.4, -0.2) is 67.1 Å². The average molecular weight is 433 g/mol. The molecule has 162 valence electrons. The van der Waals surface area contributed by atoms with E-state index in [4.69, 9.17) is 28.3 Å². The first-order valence-electron chi connectivity index (χ1n) is 9.82. The van der Waals surface area contributed by atoms with Gasteiger partial charge in [-0.3, -0.25) is 9.69 Å². The van der Waals surface area contributed by atoms with E-state index in [2.05, 4.69) is 16.8 Å². The lowest BCUT2D eigenvalue weighted by atomic mass is 10.1. The number of carbonyl (C=O) groups is 1. The van der Waals surface area contributed by atoms with E-state index in [1.807, 2.05) is 45.9 Å². The van der Waals surface area contributed by atoms with Gasteiger partial charge in [-0.15, -0.1) is 0 Å². The summed E-state index contributed by atoms with van der Waals surface area (Å²) in [5.41, 5.74) is 1.02. The van der Waals surface area contributed by atoms with Gasteiger partial charge in [0.25, 0.3) is 0 Å². The Morgan fingerprint density at radius 3 is 1.93 bits per heavy atom. The van der Waals surface area contributed by atoms with Crippen LogP contribution in [0.5, 0.6) is 0 Å². The number of aliphatic hydroxyl groups is 1. The number of likely N-dealkylation sites (N-methyl/N-ethyl adjacent to an activating group) is 1. The Labute approximate surface area is 182 Å². The minimum Gasteiger partial charge on any atom is -0.395 e. The molecule has 0 aliphatic carbocycles. The highest BCUT2D eigenvalue weighted by Crippen LogP contribution is 2.09. The van der Waals surface area contributed by atoms with Gasteiger partial charge in [-0.25, -0.2) is 0 Å². The molecule has 1 aromatic rings. The van der Waals surface area contributed by atoms with Gasteiger partial charge in [-0.2, -0.15) is 0 Å². The van der Waals surface area contributed by atoms with Crippen LogP contribution in [-0.2, 0) is 11.2 Å². The third-order valence-electron chi connectivity index (χ3n) is 3.78. The Balaban J connectivity index is 0. The van der Waals surface area contributed by atoms with Crippen molar-refractivity contribution < 1.29 is 9.90 Å². The standard InChI is InChI=1S/C9H9ClO.C7H16N2O.C4H7Cl.C2H6/c1-7(11)6-8-2-4-9(10)5-3-8;1-8-2-4-9(5-3-8)6-7-10;1-3-4(2)5;1-2/h2-5H,6H2,1H3;10H,2-7H2,1H3;3H,1-2H3;1-2H3/b;;4-3+;. The van der Waals surface area contributed by atoms with Gasteiger partial charge in [-0.05, 0) is 45.5 Å². The second kappa shape index (κ2) is 19.4. The molecule has 1 fully saturated rings. The van der Waals surface area contributed by atoms with Crippen LogP contribution in [0.1, 0.15) is 40.2 Å². The number of hydrogen-bond acceptors (Lipinski definition) is 4. The molecule has 0 amide bonds. The number of allylic oxidation sites excluding steroid dienone is 2. The predicted molar refractivity (Wildman–Crippen MR) is 123 cm³/mol. The van der Waals surface area contributed by atoms with E-state index in [0.717, 1.165) is 43.3 Å². The summed E-state index contributed by atoms with van der Waals surface area (Å²) in [5.74, 6) is 0.173. The summed E-state index contributed by atoms with van der Waals surface area (Å²) < 4.78 is 0. The average Bonchev–Trinajstić information content (AvgIpc) is 2.68. The summed E-state index contributed by atoms with van der Waals surface area (Å²) in [7, 11) is 2.14. The van der Waals surface area contributed by atoms with Gasteiger partial charge < -0.3 is 10.0 Å². The summed E-state index contributed by atoms with van der Waals surface area (Å²) in [6, 6.07) is 7.31. The van der Waals surface area contributed by atoms with Gasteiger partial charge in [0.05, 0.1) is 6.61 Å². The summed E-state index contributed by atoms with van der Waals surface area (Å²) in [4.78, 5) is 15.3. The maximum atomic E-state index is 10.7. The molecule has 0 saturated carbocycles. The van der Waals surface area contributed by atoms with Crippen molar-refractivity contribution in [2.75, 3.05) is 46.4 Å². The minimum atomic E-state index is 0.173. The van der Waals surface area contributed by atoms with Crippen molar-refractivity contribution in [2.45, 2.75) is 41.0 Å². The van der Waals surface area contributed by atoms with Gasteiger partial charge in [0.15, 0.2) is 0 Å². The Morgan fingerprint density at radius 2 is 1.57 bits per heavy atom. The molecule has 0 aromatic heterocycles. The normalized spacial score (nSPS) is 14.5. The van der Waals surface area contributed by atoms with Gasteiger partial charge in [0, 0.05) is 49.2 Å². The van der Waals surface area contributed by atoms with Gasteiger partial charge >= 0.3 is 0 Å². The third kappa shape index (κ3) is 18.5. The molecule has 1 aromatic carbocycles. The molecule has 1 aliphatic heterocycles. The minimum absolute atomic E-state index is 0.173. The molecule has 0 radical (unpaired) electrons. The van der Waals surface area contributed by atoms with Crippen molar-refractivity contribution >= 4 is 29.0 Å². The second-order valence-corrected chi connectivity index (χ2v) is 7.28. The summed E-state index contributed by atoms with van der Waals surface area (Å²) in [6.45, 7) is 15.0. The molecule has 1 aliphatic rings. The molecular weight excluding hydrogens is 395 g/mol. The lowest BCUT2D eigenvalue weighted by Gasteiger charge is -2.31. The molecule has 6 heteroatoms. The van der Waals surface area contributed by atoms with Gasteiger partial charge in [0.2, 0.25) is 0 Å². The Kier molecular flexibility index (Phi) is 20.3. The molecular formula is C22H38Cl2N2O2. The van der Waals surface area contributed by atoms with Crippen LogP contribution in [0, 0.1) is 0 Å². The van der Waals surface area contributed by atoms with E-state index >= 15 is 0 Å². The van der Waals surface area contributed by atoms with E-state index in [9.17, 15) is 4.79 Å². The van der Waals surface area contributed by atoms with Crippen molar-refractivity contribution in [1.82, 2.24) is 9.80 Å². The third-order valence-corrected chi connectivity index (χ3v) is 4.25. The van der Waals surface area contributed by atoms with Crippen LogP contribution >= 0.6 is 23.2 Å². The summed E-state index contributed by atoms with van der Waals surface area (Å²) in [6.07, 6.45) is 2.35. The number of carbonyl (C=O) groups excluding carboxylic acids is 1. The van der Waals surface area contributed by atoms with Crippen LogP contribution in [0.3, 0.4) is 0 Å². The molecule has 28 heavy (non-hydrogen) atoms. The van der Waals surface area contributed by atoms with E-state index in [1.54, 1.807) is 19.1 Å². The number of Topliss-reactive ketones (excluding diaryl/α,β-unsaturated/α-hetero) is 1. The lowest BCUT2D eigenvalue weighted by molar-refractivity contribution is -0.116. The molecule has 0 bridgehead atoms. The van der Waals surface area contributed by atoms with Crippen molar-refractivity contribution in [3.8, 4) is 0 Å². The number of rotatable bonds is 4. The monoisotopic (exact) mass is 432 g/mol. The molecule has 4 nitrogen and oxygen atoms in total. The molecule has 0 atom stereocenters. The highest BCUT2D eigenvalue weighted by atomic mass is 35.5. The van der Waals surface area contributed by atoms with E-state index in [1.165, 1.54) is 0 Å². The van der Waals surface area contributed by atoms with Crippen molar-refractivity contribution in [3.05, 3.63) is 46.0 Å². The number of nitrogens with zero attached hydrogens (tertiary/aromatic N) is 2. The molecule has 1 heterocycles. The highest BCUT2D eigenvalue weighted by molar-refractivity contribution is 6.30.